The number of hydrogen-bond acceptors (Lipinski definition) is 13. The standard InChI is InChI=1S/C9H19N.2C6H10O8/c1-8(2)6-5-7-9(3)10-4;2*7-1(3(9)5(11)12)2(8)4(10)6(13)14/h6,9-10H,5,7H2,1-4H3;2*1-4,7-10H,(H,11,12)(H,13,14)/t;2*1-,2+,3+,4-. The van der Waals surface area contributed by atoms with Crippen molar-refractivity contribution in [1.82, 2.24) is 5.32 Å². The maximum absolute atomic E-state index is 10.1. The molecule has 0 radical (unpaired) electrons. The van der Waals surface area contributed by atoms with E-state index in [2.05, 4.69) is 32.2 Å². The van der Waals surface area contributed by atoms with Gasteiger partial charge in [0.1, 0.15) is 24.4 Å². The molecular formula is C21H39NO16. The second-order valence-electron chi connectivity index (χ2n) is 8.14. The largest absolute Gasteiger partial charge is 0.479 e. The summed E-state index contributed by atoms with van der Waals surface area (Å²) in [6, 6.07) is 0.649. The first-order valence-corrected chi connectivity index (χ1v) is 10.9. The summed E-state index contributed by atoms with van der Waals surface area (Å²) in [6.45, 7) is 6.49. The number of rotatable bonds is 14. The third-order valence-corrected chi connectivity index (χ3v) is 4.65. The monoisotopic (exact) mass is 561 g/mol. The van der Waals surface area contributed by atoms with Crippen molar-refractivity contribution in [3.05, 3.63) is 11.6 Å². The Bertz CT molecular complexity index is 660. The maximum atomic E-state index is 10.1. The first-order valence-electron chi connectivity index (χ1n) is 10.9. The molecule has 0 amide bonds. The Morgan fingerprint density at radius 1 is 0.605 bits per heavy atom. The molecule has 1 unspecified atom stereocenters. The van der Waals surface area contributed by atoms with Crippen molar-refractivity contribution in [2.75, 3.05) is 7.05 Å². The van der Waals surface area contributed by atoms with Gasteiger partial charge in [0.05, 0.1) is 0 Å². The molecule has 0 bridgehead atoms. The summed E-state index contributed by atoms with van der Waals surface area (Å²) in [5.74, 6) is -7.36. The van der Waals surface area contributed by atoms with Crippen LogP contribution in [0, 0.1) is 0 Å². The lowest BCUT2D eigenvalue weighted by Crippen LogP contribution is -2.49. The number of aliphatic hydroxyl groups is 8. The van der Waals surface area contributed by atoms with E-state index < -0.39 is 72.7 Å². The van der Waals surface area contributed by atoms with Gasteiger partial charge in [0, 0.05) is 6.04 Å². The van der Waals surface area contributed by atoms with Gasteiger partial charge in [0.25, 0.3) is 0 Å². The van der Waals surface area contributed by atoms with Gasteiger partial charge in [-0.3, -0.25) is 0 Å². The normalized spacial score (nSPS) is 17.7. The minimum Gasteiger partial charge on any atom is -0.479 e. The number of aliphatic hydroxyl groups excluding tert-OH is 8. The molecule has 38 heavy (non-hydrogen) atoms. The second kappa shape index (κ2) is 20.3. The van der Waals surface area contributed by atoms with E-state index in [0.717, 1.165) is 0 Å². The number of nitrogens with one attached hydrogen (secondary N) is 1. The van der Waals surface area contributed by atoms with Crippen LogP contribution in [-0.2, 0) is 19.2 Å². The SMILES string of the molecule is CNC(C)CCC=C(C)C.O=C(O)[C@@H](O)[C@H](O)[C@H](O)[C@@H](O)C(=O)O.O=C(O)[C@@H](O)[C@H](O)[C@H](O)[C@@H](O)C(=O)O. The fraction of sp³-hybridized carbons (Fsp3) is 0.714. The van der Waals surface area contributed by atoms with Crippen LogP contribution in [0.5, 0.6) is 0 Å². The Morgan fingerprint density at radius 2 is 0.842 bits per heavy atom. The van der Waals surface area contributed by atoms with Crippen molar-refractivity contribution in [3.63, 3.8) is 0 Å². The van der Waals surface area contributed by atoms with Crippen LogP contribution in [0.3, 0.4) is 0 Å². The smallest absolute Gasteiger partial charge is 0.335 e. The molecule has 0 saturated carbocycles. The predicted molar refractivity (Wildman–Crippen MR) is 126 cm³/mol. The van der Waals surface area contributed by atoms with Crippen molar-refractivity contribution in [3.8, 4) is 0 Å². The zero-order valence-electron chi connectivity index (χ0n) is 21.2. The van der Waals surface area contributed by atoms with Crippen LogP contribution in [0.4, 0.5) is 0 Å². The third kappa shape index (κ3) is 16.9. The van der Waals surface area contributed by atoms with Crippen LogP contribution < -0.4 is 5.32 Å². The van der Waals surface area contributed by atoms with Crippen molar-refractivity contribution >= 4 is 23.9 Å². The summed E-state index contributed by atoms with van der Waals surface area (Å²) in [6.07, 6.45) is -13.8. The molecule has 224 valence electrons. The highest BCUT2D eigenvalue weighted by Gasteiger charge is 2.38. The fourth-order valence-corrected chi connectivity index (χ4v) is 2.10. The van der Waals surface area contributed by atoms with E-state index in [4.69, 9.17) is 61.3 Å². The van der Waals surface area contributed by atoms with Crippen LogP contribution in [-0.4, -0.2) is 147 Å². The molecule has 0 spiro atoms. The van der Waals surface area contributed by atoms with Gasteiger partial charge in [0.2, 0.25) is 0 Å². The predicted octanol–water partition coefficient (Wildman–Crippen LogP) is -4.46. The average molecular weight is 562 g/mol. The minimum absolute atomic E-state index is 0.649. The molecule has 0 aromatic carbocycles. The van der Waals surface area contributed by atoms with E-state index in [1.54, 1.807) is 0 Å². The highest BCUT2D eigenvalue weighted by Crippen LogP contribution is 2.06. The van der Waals surface area contributed by atoms with Crippen molar-refractivity contribution in [1.29, 1.82) is 0 Å². The van der Waals surface area contributed by atoms with Crippen molar-refractivity contribution in [2.24, 2.45) is 0 Å². The summed E-state index contributed by atoms with van der Waals surface area (Å²) in [5.41, 5.74) is 1.42. The lowest BCUT2D eigenvalue weighted by atomic mass is 10.0. The Morgan fingerprint density at radius 3 is 1.00 bits per heavy atom. The van der Waals surface area contributed by atoms with Crippen LogP contribution in [0.1, 0.15) is 33.6 Å². The molecular weight excluding hydrogens is 522 g/mol. The van der Waals surface area contributed by atoms with Gasteiger partial charge in [-0.15, -0.1) is 0 Å². The number of allylic oxidation sites excluding steroid dienone is 2. The van der Waals surface area contributed by atoms with E-state index in [-0.39, 0.29) is 0 Å². The molecule has 13 N–H and O–H groups in total. The van der Waals surface area contributed by atoms with E-state index in [1.165, 1.54) is 18.4 Å². The Labute approximate surface area is 217 Å². The summed E-state index contributed by atoms with van der Waals surface area (Å²) >= 11 is 0. The molecule has 17 heteroatoms. The van der Waals surface area contributed by atoms with E-state index in [0.29, 0.717) is 6.04 Å². The average Bonchev–Trinajstić information content (AvgIpc) is 2.84. The molecule has 0 saturated heterocycles. The molecule has 0 aliphatic carbocycles. The van der Waals surface area contributed by atoms with Gasteiger partial charge in [0.15, 0.2) is 24.4 Å². The van der Waals surface area contributed by atoms with Crippen LogP contribution in [0.25, 0.3) is 0 Å². The highest BCUT2D eigenvalue weighted by molar-refractivity contribution is 5.75. The zero-order valence-corrected chi connectivity index (χ0v) is 21.2. The van der Waals surface area contributed by atoms with Gasteiger partial charge < -0.3 is 66.6 Å². The van der Waals surface area contributed by atoms with Gasteiger partial charge in [-0.25, -0.2) is 19.2 Å². The zero-order chi connectivity index (χ0) is 30.9. The van der Waals surface area contributed by atoms with Gasteiger partial charge in [-0.2, -0.15) is 0 Å². The molecule has 0 rings (SSSR count). The fourth-order valence-electron chi connectivity index (χ4n) is 2.10. The Kier molecular flexibility index (Phi) is 21.2. The van der Waals surface area contributed by atoms with Gasteiger partial charge in [-0.05, 0) is 40.7 Å². The van der Waals surface area contributed by atoms with E-state index in [1.807, 2.05) is 7.05 Å². The van der Waals surface area contributed by atoms with Crippen molar-refractivity contribution < 1.29 is 80.5 Å². The van der Waals surface area contributed by atoms with Crippen molar-refractivity contribution in [2.45, 2.75) is 88.5 Å². The summed E-state index contributed by atoms with van der Waals surface area (Å²) < 4.78 is 0. The third-order valence-electron chi connectivity index (χ3n) is 4.65. The number of aliphatic carboxylic acids is 4. The summed E-state index contributed by atoms with van der Waals surface area (Å²) in [5, 5.41) is 106. The molecule has 17 nitrogen and oxygen atoms in total. The molecule has 9 atom stereocenters. The first kappa shape index (κ1) is 39.8. The van der Waals surface area contributed by atoms with E-state index >= 15 is 0 Å². The maximum Gasteiger partial charge on any atom is 0.335 e. The summed E-state index contributed by atoms with van der Waals surface area (Å²) in [4.78, 5) is 40.3. The van der Waals surface area contributed by atoms with Crippen LogP contribution >= 0.6 is 0 Å². The first-order chi connectivity index (χ1) is 17.2. The summed E-state index contributed by atoms with van der Waals surface area (Å²) in [7, 11) is 2.01. The van der Waals surface area contributed by atoms with E-state index in [9.17, 15) is 19.2 Å². The number of carbonyl (C=O) groups is 4. The number of carboxylic acids is 4. The topological polar surface area (TPSA) is 323 Å². The minimum atomic E-state index is -2.36. The van der Waals surface area contributed by atoms with Crippen LogP contribution in [0.2, 0.25) is 0 Å². The number of hydrogen-bond donors (Lipinski definition) is 13. The quantitative estimate of drug-likeness (QED) is 0.0889. The second-order valence-corrected chi connectivity index (χ2v) is 8.14. The molecule has 0 heterocycles. The Hall–Kier alpha value is -2.74. The van der Waals surface area contributed by atoms with Gasteiger partial charge >= 0.3 is 23.9 Å². The molecule has 0 fully saturated rings. The van der Waals surface area contributed by atoms with Crippen LogP contribution in [0.15, 0.2) is 11.6 Å². The Balaban J connectivity index is -0.000000492. The molecule has 0 aliphatic rings. The lowest BCUT2D eigenvalue weighted by Gasteiger charge is -2.21. The lowest BCUT2D eigenvalue weighted by molar-refractivity contribution is -0.172. The molecule has 0 aliphatic heterocycles. The highest BCUT2D eigenvalue weighted by atomic mass is 16.4. The van der Waals surface area contributed by atoms with Gasteiger partial charge in [-0.1, -0.05) is 11.6 Å². The number of carboxylic acid groups (broad SMARTS) is 4. The molecule has 0 aromatic heterocycles. The molecule has 0 aromatic rings.